The van der Waals surface area contributed by atoms with Crippen LogP contribution in [0.4, 0.5) is 0 Å². The molecule has 24 heavy (non-hydrogen) atoms. The predicted octanol–water partition coefficient (Wildman–Crippen LogP) is 3.79. The summed E-state index contributed by atoms with van der Waals surface area (Å²) in [6.07, 6.45) is 3.88. The summed E-state index contributed by atoms with van der Waals surface area (Å²) in [6.45, 7) is 5.41. The van der Waals surface area contributed by atoms with E-state index in [9.17, 15) is 4.79 Å². The Labute approximate surface area is 140 Å². The van der Waals surface area contributed by atoms with Gasteiger partial charge in [0, 0.05) is 41.8 Å². The van der Waals surface area contributed by atoms with E-state index in [0.29, 0.717) is 12.3 Å². The van der Waals surface area contributed by atoms with Crippen LogP contribution in [0.5, 0.6) is 0 Å². The third-order valence-corrected chi connectivity index (χ3v) is 4.86. The summed E-state index contributed by atoms with van der Waals surface area (Å²) >= 11 is 0. The predicted molar refractivity (Wildman–Crippen MR) is 92.2 cm³/mol. The maximum absolute atomic E-state index is 13.0. The molecule has 0 bridgehead atoms. The van der Waals surface area contributed by atoms with Crippen molar-refractivity contribution in [3.8, 4) is 0 Å². The molecule has 3 aromatic rings. The van der Waals surface area contributed by atoms with Crippen LogP contribution in [0.15, 0.2) is 34.9 Å². The Hall–Kier alpha value is -2.56. The molecule has 1 aliphatic rings. The van der Waals surface area contributed by atoms with E-state index >= 15 is 0 Å². The molecule has 2 aromatic heterocycles. The Balaban J connectivity index is 1.60. The van der Waals surface area contributed by atoms with Crippen molar-refractivity contribution in [2.45, 2.75) is 32.6 Å². The summed E-state index contributed by atoms with van der Waals surface area (Å²) in [5, 5.41) is 1.01. The minimum Gasteiger partial charge on any atom is -0.451 e. The third-order valence-electron chi connectivity index (χ3n) is 4.86. The largest absolute Gasteiger partial charge is 0.451 e. The molecular weight excluding hydrogens is 302 g/mol. The van der Waals surface area contributed by atoms with Crippen LogP contribution >= 0.6 is 0 Å². The molecule has 0 spiro atoms. The average Bonchev–Trinajstić information content (AvgIpc) is 3.19. The minimum atomic E-state index is -0.0170. The molecule has 0 saturated carbocycles. The molecule has 4 rings (SSSR count). The molecule has 1 atom stereocenters. The molecule has 5 nitrogen and oxygen atoms in total. The van der Waals surface area contributed by atoms with Gasteiger partial charge in [0.2, 0.25) is 0 Å². The number of H-pyrrole nitrogens is 1. The zero-order chi connectivity index (χ0) is 16.7. The fourth-order valence-electron chi connectivity index (χ4n) is 3.55. The van der Waals surface area contributed by atoms with Crippen LogP contribution in [0.25, 0.3) is 11.0 Å². The summed E-state index contributed by atoms with van der Waals surface area (Å²) < 4.78 is 5.84. The van der Waals surface area contributed by atoms with Gasteiger partial charge in [-0.25, -0.2) is 4.98 Å². The zero-order valence-corrected chi connectivity index (χ0v) is 14.0. The Bertz CT molecular complexity index is 893. The smallest absolute Gasteiger partial charge is 0.289 e. The van der Waals surface area contributed by atoms with Crippen LogP contribution < -0.4 is 0 Å². The number of carbonyl (C=O) groups is 1. The van der Waals surface area contributed by atoms with Crippen molar-refractivity contribution >= 4 is 16.9 Å². The van der Waals surface area contributed by atoms with E-state index in [2.05, 4.69) is 9.97 Å². The number of fused-ring (bicyclic) bond motifs is 1. The molecule has 1 fully saturated rings. The van der Waals surface area contributed by atoms with Gasteiger partial charge in [-0.3, -0.25) is 4.79 Å². The highest BCUT2D eigenvalue weighted by atomic mass is 16.3. The van der Waals surface area contributed by atoms with Gasteiger partial charge in [0.05, 0.1) is 0 Å². The van der Waals surface area contributed by atoms with Crippen molar-refractivity contribution in [2.75, 3.05) is 13.1 Å². The van der Waals surface area contributed by atoms with Crippen LogP contribution in [0.1, 0.15) is 46.4 Å². The number of furan rings is 1. The quantitative estimate of drug-likeness (QED) is 0.780. The Morgan fingerprint density at radius 3 is 2.92 bits per heavy atom. The van der Waals surface area contributed by atoms with Gasteiger partial charge in [-0.05, 0) is 32.8 Å². The van der Waals surface area contributed by atoms with E-state index in [1.807, 2.05) is 49.2 Å². The van der Waals surface area contributed by atoms with Crippen LogP contribution in [0.2, 0.25) is 0 Å². The lowest BCUT2D eigenvalue weighted by molar-refractivity contribution is 0.0674. The van der Waals surface area contributed by atoms with E-state index in [1.165, 1.54) is 0 Å². The molecule has 1 aliphatic heterocycles. The number of nitrogens with zero attached hydrogens (tertiary/aromatic N) is 2. The van der Waals surface area contributed by atoms with E-state index in [1.54, 1.807) is 0 Å². The first-order chi connectivity index (χ1) is 11.6. The third kappa shape index (κ3) is 2.50. The van der Waals surface area contributed by atoms with Crippen molar-refractivity contribution in [1.29, 1.82) is 0 Å². The average molecular weight is 323 g/mol. The highest BCUT2D eigenvalue weighted by Gasteiger charge is 2.29. The van der Waals surface area contributed by atoms with E-state index in [-0.39, 0.29) is 11.8 Å². The van der Waals surface area contributed by atoms with Crippen molar-refractivity contribution in [3.05, 3.63) is 53.3 Å². The minimum absolute atomic E-state index is 0.0170. The van der Waals surface area contributed by atoms with Gasteiger partial charge >= 0.3 is 0 Å². The molecular formula is C19H21N3O2. The van der Waals surface area contributed by atoms with Crippen molar-refractivity contribution in [3.63, 3.8) is 0 Å². The highest BCUT2D eigenvalue weighted by Crippen LogP contribution is 2.29. The summed E-state index contributed by atoms with van der Waals surface area (Å²) in [4.78, 5) is 22.6. The van der Waals surface area contributed by atoms with Gasteiger partial charge in [-0.2, -0.15) is 0 Å². The molecule has 3 heterocycles. The second-order valence-corrected chi connectivity index (χ2v) is 6.59. The maximum Gasteiger partial charge on any atom is 0.289 e. The summed E-state index contributed by atoms with van der Waals surface area (Å²) in [6, 6.07) is 7.80. The van der Waals surface area contributed by atoms with Gasteiger partial charge in [0.1, 0.15) is 11.4 Å². The number of para-hydroxylation sites is 1. The number of imidazole rings is 1. The van der Waals surface area contributed by atoms with Gasteiger partial charge in [0.15, 0.2) is 5.76 Å². The SMILES string of the molecule is Cc1cnc(C2CCCN(C(=O)c3oc4ccccc4c3C)C2)[nH]1. The second kappa shape index (κ2) is 5.82. The van der Waals surface area contributed by atoms with Crippen LogP contribution in [0, 0.1) is 13.8 Å². The van der Waals surface area contributed by atoms with Crippen LogP contribution in [0.3, 0.4) is 0 Å². The van der Waals surface area contributed by atoms with Crippen LogP contribution in [-0.4, -0.2) is 33.9 Å². The fourth-order valence-corrected chi connectivity index (χ4v) is 3.55. The molecule has 1 N–H and O–H groups in total. The Morgan fingerprint density at radius 1 is 1.33 bits per heavy atom. The number of aryl methyl sites for hydroxylation is 2. The normalized spacial score (nSPS) is 18.2. The fraction of sp³-hybridized carbons (Fsp3) is 0.368. The number of rotatable bonds is 2. The highest BCUT2D eigenvalue weighted by molar-refractivity contribution is 5.99. The lowest BCUT2D eigenvalue weighted by Gasteiger charge is -2.31. The number of nitrogens with one attached hydrogen (secondary N) is 1. The standard InChI is InChI=1S/C19H21N3O2/c1-12-10-20-18(21-12)14-6-5-9-22(11-14)19(23)17-13(2)15-7-3-4-8-16(15)24-17/h3-4,7-8,10,14H,5-6,9,11H2,1-2H3,(H,20,21). The molecule has 1 saturated heterocycles. The number of amides is 1. The van der Waals surface area contributed by atoms with Crippen molar-refractivity contribution in [1.82, 2.24) is 14.9 Å². The lowest BCUT2D eigenvalue weighted by Crippen LogP contribution is -2.39. The van der Waals surface area contributed by atoms with Crippen molar-refractivity contribution in [2.24, 2.45) is 0 Å². The Morgan fingerprint density at radius 2 is 2.17 bits per heavy atom. The molecule has 124 valence electrons. The molecule has 0 radical (unpaired) electrons. The number of aromatic amines is 1. The van der Waals surface area contributed by atoms with E-state index < -0.39 is 0 Å². The number of hydrogen-bond donors (Lipinski definition) is 1. The summed E-state index contributed by atoms with van der Waals surface area (Å²) in [5.74, 6) is 1.69. The number of carbonyl (C=O) groups excluding carboxylic acids is 1. The first-order valence-electron chi connectivity index (χ1n) is 8.42. The monoisotopic (exact) mass is 323 g/mol. The number of benzene rings is 1. The number of aromatic nitrogens is 2. The molecule has 1 amide bonds. The second-order valence-electron chi connectivity index (χ2n) is 6.59. The summed E-state index contributed by atoms with van der Waals surface area (Å²) in [5.41, 5.74) is 2.75. The van der Waals surface area contributed by atoms with Gasteiger partial charge in [-0.15, -0.1) is 0 Å². The molecule has 0 aliphatic carbocycles. The first kappa shape index (κ1) is 15.0. The zero-order valence-electron chi connectivity index (χ0n) is 14.0. The van der Waals surface area contributed by atoms with Gasteiger partial charge < -0.3 is 14.3 Å². The topological polar surface area (TPSA) is 62.1 Å². The molecule has 1 aromatic carbocycles. The maximum atomic E-state index is 13.0. The van der Waals surface area contributed by atoms with E-state index in [0.717, 1.165) is 47.4 Å². The number of hydrogen-bond acceptors (Lipinski definition) is 3. The van der Waals surface area contributed by atoms with Gasteiger partial charge in [-0.1, -0.05) is 18.2 Å². The number of likely N-dealkylation sites (tertiary alicyclic amines) is 1. The number of piperidine rings is 1. The lowest BCUT2D eigenvalue weighted by atomic mass is 9.97. The summed E-state index contributed by atoms with van der Waals surface area (Å²) in [7, 11) is 0. The van der Waals surface area contributed by atoms with Crippen LogP contribution in [-0.2, 0) is 0 Å². The van der Waals surface area contributed by atoms with E-state index in [4.69, 9.17) is 4.42 Å². The molecule has 1 unspecified atom stereocenters. The first-order valence-corrected chi connectivity index (χ1v) is 8.42. The Kier molecular flexibility index (Phi) is 3.63. The van der Waals surface area contributed by atoms with Crippen molar-refractivity contribution < 1.29 is 9.21 Å². The van der Waals surface area contributed by atoms with Gasteiger partial charge in [0.25, 0.3) is 5.91 Å². The molecule has 5 heteroatoms.